The molecule has 126 valence electrons. The maximum atomic E-state index is 9.70. The van der Waals surface area contributed by atoms with Crippen molar-refractivity contribution in [3.05, 3.63) is 54.4 Å². The van der Waals surface area contributed by atoms with E-state index < -0.39 is 0 Å². The predicted octanol–water partition coefficient (Wildman–Crippen LogP) is 3.48. The number of hydrogen-bond acceptors (Lipinski definition) is 7. The molecular weight excluding hydrogens is 348 g/mol. The van der Waals surface area contributed by atoms with E-state index in [9.17, 15) is 5.11 Å². The number of nitrogens with zero attached hydrogens (tertiary/aromatic N) is 6. The average molecular weight is 360 g/mol. The number of phenolic OH excluding ortho intramolecular Hbond substituents is 1. The van der Waals surface area contributed by atoms with Crippen LogP contribution in [0, 0.1) is 6.92 Å². The van der Waals surface area contributed by atoms with E-state index in [-0.39, 0.29) is 5.75 Å². The van der Waals surface area contributed by atoms with Crippen molar-refractivity contribution >= 4 is 27.3 Å². The zero-order valence-corrected chi connectivity index (χ0v) is 14.5. The van der Waals surface area contributed by atoms with Crippen molar-refractivity contribution in [1.82, 2.24) is 29.8 Å². The normalized spacial score (nSPS) is 11.4. The minimum Gasteiger partial charge on any atom is -0.508 e. The molecule has 0 radical (unpaired) electrons. The fourth-order valence-corrected chi connectivity index (χ4v) is 3.70. The lowest BCUT2D eigenvalue weighted by atomic mass is 10.1. The molecule has 8 heteroatoms. The Morgan fingerprint density at radius 2 is 2.00 bits per heavy atom. The second kappa shape index (κ2) is 5.57. The quantitative estimate of drug-likeness (QED) is 0.518. The van der Waals surface area contributed by atoms with Gasteiger partial charge in [-0.15, -0.1) is 10.2 Å². The molecule has 4 heterocycles. The van der Waals surface area contributed by atoms with E-state index in [0.29, 0.717) is 16.4 Å². The van der Waals surface area contributed by atoms with Crippen molar-refractivity contribution in [2.75, 3.05) is 0 Å². The van der Waals surface area contributed by atoms with E-state index in [4.69, 9.17) is 0 Å². The highest BCUT2D eigenvalue weighted by Gasteiger charge is 2.17. The molecule has 7 nitrogen and oxygen atoms in total. The van der Waals surface area contributed by atoms with Gasteiger partial charge >= 0.3 is 0 Å². The number of fused-ring (bicyclic) bond motifs is 2. The second-order valence-corrected chi connectivity index (χ2v) is 6.80. The third-order valence-electron chi connectivity index (χ3n) is 4.10. The van der Waals surface area contributed by atoms with Crippen LogP contribution in [0.1, 0.15) is 5.69 Å². The Bertz CT molecular complexity index is 1280. The van der Waals surface area contributed by atoms with Crippen LogP contribution in [-0.4, -0.2) is 34.9 Å². The Morgan fingerprint density at radius 3 is 2.88 bits per heavy atom. The molecule has 1 aromatic carbocycles. The number of rotatable bonds is 2. The van der Waals surface area contributed by atoms with Gasteiger partial charge in [-0.05, 0) is 37.3 Å². The summed E-state index contributed by atoms with van der Waals surface area (Å²) in [5.41, 5.74) is 3.22. The molecule has 0 aliphatic heterocycles. The van der Waals surface area contributed by atoms with Gasteiger partial charge in [0, 0.05) is 22.7 Å². The van der Waals surface area contributed by atoms with Crippen LogP contribution in [0.3, 0.4) is 0 Å². The lowest BCUT2D eigenvalue weighted by molar-refractivity contribution is 0.475. The summed E-state index contributed by atoms with van der Waals surface area (Å²) in [5, 5.41) is 24.6. The van der Waals surface area contributed by atoms with E-state index in [0.717, 1.165) is 27.2 Å². The summed E-state index contributed by atoms with van der Waals surface area (Å²) in [7, 11) is 0. The highest BCUT2D eigenvalue weighted by atomic mass is 32.1. The Balaban J connectivity index is 1.69. The summed E-state index contributed by atoms with van der Waals surface area (Å²) in [6.07, 6.45) is 1.73. The van der Waals surface area contributed by atoms with Crippen LogP contribution in [0.15, 0.2) is 48.7 Å². The molecule has 0 unspecified atom stereocenters. The monoisotopic (exact) mass is 360 g/mol. The van der Waals surface area contributed by atoms with E-state index in [1.807, 2.05) is 31.2 Å². The molecule has 4 aromatic heterocycles. The van der Waals surface area contributed by atoms with Crippen molar-refractivity contribution in [2.24, 2.45) is 0 Å². The Labute approximate surface area is 151 Å². The van der Waals surface area contributed by atoms with Gasteiger partial charge < -0.3 is 5.11 Å². The van der Waals surface area contributed by atoms with Crippen LogP contribution >= 0.6 is 11.3 Å². The maximum absolute atomic E-state index is 9.70. The molecule has 0 atom stereocenters. The van der Waals surface area contributed by atoms with E-state index in [2.05, 4.69) is 25.3 Å². The van der Waals surface area contributed by atoms with Gasteiger partial charge in [0.15, 0.2) is 11.5 Å². The fourth-order valence-electron chi connectivity index (χ4n) is 2.86. The van der Waals surface area contributed by atoms with Gasteiger partial charge in [-0.25, -0.2) is 9.97 Å². The van der Waals surface area contributed by atoms with Gasteiger partial charge in [0.05, 0.1) is 5.69 Å². The number of aromatic nitrogens is 6. The molecule has 0 aliphatic carbocycles. The number of aromatic hydroxyl groups is 1. The lowest BCUT2D eigenvalue weighted by Gasteiger charge is -2.04. The van der Waals surface area contributed by atoms with Crippen molar-refractivity contribution < 1.29 is 5.11 Å². The minimum absolute atomic E-state index is 0.204. The number of benzene rings is 1. The van der Waals surface area contributed by atoms with Gasteiger partial charge in [0.2, 0.25) is 4.96 Å². The summed E-state index contributed by atoms with van der Waals surface area (Å²) in [6, 6.07) is 12.9. The average Bonchev–Trinajstić information content (AvgIpc) is 3.22. The summed E-state index contributed by atoms with van der Waals surface area (Å²) in [5.74, 6) is 0.842. The predicted molar refractivity (Wildman–Crippen MR) is 99.0 cm³/mol. The summed E-state index contributed by atoms with van der Waals surface area (Å²) in [4.78, 5) is 9.54. The zero-order valence-electron chi connectivity index (χ0n) is 13.7. The molecular formula is C18H12N6OS. The largest absolute Gasteiger partial charge is 0.508 e. The molecule has 0 spiro atoms. The summed E-state index contributed by atoms with van der Waals surface area (Å²) >= 11 is 1.42. The first-order chi connectivity index (χ1) is 12.7. The molecule has 0 amide bonds. The van der Waals surface area contributed by atoms with Gasteiger partial charge in [-0.1, -0.05) is 23.5 Å². The third kappa shape index (κ3) is 2.31. The fraction of sp³-hybridized carbons (Fsp3) is 0.0556. The van der Waals surface area contributed by atoms with Crippen molar-refractivity contribution in [1.29, 1.82) is 0 Å². The number of pyridine rings is 2. The SMILES string of the molecule is Cc1nc2ncccc2cc1-c1nnc2sc(-c3cccc(O)c3)nn12. The Hall–Kier alpha value is -3.39. The van der Waals surface area contributed by atoms with Crippen LogP contribution in [-0.2, 0) is 0 Å². The standard InChI is InChI=1S/C18H12N6OS/c1-10-14(9-11-5-3-7-19-15(11)20-10)16-21-22-18-24(16)23-17(26-18)12-4-2-6-13(25)8-12/h2-9,25H,1H3. The van der Waals surface area contributed by atoms with E-state index in [1.165, 1.54) is 11.3 Å². The summed E-state index contributed by atoms with van der Waals surface area (Å²) < 4.78 is 1.72. The van der Waals surface area contributed by atoms with E-state index in [1.54, 1.807) is 28.9 Å². The number of aryl methyl sites for hydroxylation is 1. The van der Waals surface area contributed by atoms with Gasteiger partial charge in [-0.3, -0.25) is 0 Å². The topological polar surface area (TPSA) is 89.1 Å². The van der Waals surface area contributed by atoms with E-state index >= 15 is 0 Å². The van der Waals surface area contributed by atoms with Gasteiger partial charge in [-0.2, -0.15) is 9.61 Å². The minimum atomic E-state index is 0.204. The number of phenols is 1. The lowest BCUT2D eigenvalue weighted by Crippen LogP contribution is -1.96. The van der Waals surface area contributed by atoms with Crippen LogP contribution in [0.5, 0.6) is 5.75 Å². The van der Waals surface area contributed by atoms with Crippen molar-refractivity contribution in [3.63, 3.8) is 0 Å². The molecule has 5 rings (SSSR count). The van der Waals surface area contributed by atoms with Crippen molar-refractivity contribution in [3.8, 4) is 27.7 Å². The second-order valence-electron chi connectivity index (χ2n) is 5.85. The number of hydrogen-bond donors (Lipinski definition) is 1. The Kier molecular flexibility index (Phi) is 3.19. The smallest absolute Gasteiger partial charge is 0.235 e. The highest BCUT2D eigenvalue weighted by molar-refractivity contribution is 7.19. The Morgan fingerprint density at radius 1 is 1.08 bits per heavy atom. The highest BCUT2D eigenvalue weighted by Crippen LogP contribution is 2.31. The molecule has 0 saturated carbocycles. The molecule has 0 bridgehead atoms. The van der Waals surface area contributed by atoms with Crippen LogP contribution in [0.25, 0.3) is 38.0 Å². The van der Waals surface area contributed by atoms with Crippen LogP contribution in [0.4, 0.5) is 0 Å². The van der Waals surface area contributed by atoms with Crippen LogP contribution in [0.2, 0.25) is 0 Å². The molecule has 1 N–H and O–H groups in total. The third-order valence-corrected chi connectivity index (χ3v) is 5.05. The first kappa shape index (κ1) is 14.9. The molecule has 0 aliphatic rings. The van der Waals surface area contributed by atoms with Gasteiger partial charge in [0.25, 0.3) is 0 Å². The molecule has 5 aromatic rings. The molecule has 0 fully saturated rings. The first-order valence-electron chi connectivity index (χ1n) is 7.93. The van der Waals surface area contributed by atoms with Gasteiger partial charge in [0.1, 0.15) is 10.8 Å². The molecule has 0 saturated heterocycles. The molecule has 26 heavy (non-hydrogen) atoms. The first-order valence-corrected chi connectivity index (χ1v) is 8.75. The van der Waals surface area contributed by atoms with Crippen LogP contribution < -0.4 is 0 Å². The zero-order chi connectivity index (χ0) is 17.7. The van der Waals surface area contributed by atoms with Crippen molar-refractivity contribution in [2.45, 2.75) is 6.92 Å². The summed E-state index contributed by atoms with van der Waals surface area (Å²) in [6.45, 7) is 1.92. The maximum Gasteiger partial charge on any atom is 0.235 e.